The van der Waals surface area contributed by atoms with E-state index < -0.39 is 0 Å². The van der Waals surface area contributed by atoms with Crippen molar-refractivity contribution in [3.8, 4) is 0 Å². The smallest absolute Gasteiger partial charge is 0.0850 e. The minimum absolute atomic E-state index is 0.961. The Morgan fingerprint density at radius 1 is 1.00 bits per heavy atom. The second-order valence-electron chi connectivity index (χ2n) is 2.75. The first-order valence-electron chi connectivity index (χ1n) is 4.25. The maximum absolute atomic E-state index is 4.21. The normalized spacial score (nSPS) is 13.2. The second kappa shape index (κ2) is 4.55. The lowest BCUT2D eigenvalue weighted by molar-refractivity contribution is 1.40. The lowest BCUT2D eigenvalue weighted by Crippen LogP contribution is -2.11. The van der Waals surface area contributed by atoms with Gasteiger partial charge in [0.1, 0.15) is 0 Å². The van der Waals surface area contributed by atoms with Crippen LogP contribution in [0, 0.1) is 0 Å². The summed E-state index contributed by atoms with van der Waals surface area (Å²) in [6, 6.07) is 10.1. The van der Waals surface area contributed by atoms with Gasteiger partial charge in [-0.2, -0.15) is 0 Å². The summed E-state index contributed by atoms with van der Waals surface area (Å²) in [5.41, 5.74) is 3.05. The topological polar surface area (TPSA) is 24.7 Å². The fourth-order valence-electron chi connectivity index (χ4n) is 1.20. The lowest BCUT2D eigenvalue weighted by Gasteiger charge is -2.03. The molecule has 0 saturated heterocycles. The number of rotatable bonds is 2. The number of aliphatic imine (C=N–C) groups is 2. The molecule has 68 valence electrons. The standard InChI is InChI=1S/C11H14N2/c1-9(12-2)11(13-3)10-7-5-4-6-8-10/h4-8H,1-3H3. The van der Waals surface area contributed by atoms with Gasteiger partial charge in [-0.1, -0.05) is 30.3 Å². The fraction of sp³-hybridized carbons (Fsp3) is 0.273. The predicted octanol–water partition coefficient (Wildman–Crippen LogP) is 2.20. The van der Waals surface area contributed by atoms with Crippen molar-refractivity contribution in [2.45, 2.75) is 6.92 Å². The molecule has 0 aliphatic heterocycles. The highest BCUT2D eigenvalue weighted by Gasteiger charge is 2.03. The largest absolute Gasteiger partial charge is 0.291 e. The highest BCUT2D eigenvalue weighted by atomic mass is 14.8. The Morgan fingerprint density at radius 2 is 1.62 bits per heavy atom. The molecule has 2 heteroatoms. The molecular weight excluding hydrogens is 160 g/mol. The van der Waals surface area contributed by atoms with E-state index in [0.717, 1.165) is 17.0 Å². The molecule has 2 nitrogen and oxygen atoms in total. The molecule has 0 saturated carbocycles. The lowest BCUT2D eigenvalue weighted by atomic mass is 10.1. The molecule has 0 unspecified atom stereocenters. The van der Waals surface area contributed by atoms with E-state index in [-0.39, 0.29) is 0 Å². The van der Waals surface area contributed by atoms with Crippen LogP contribution in [0.2, 0.25) is 0 Å². The van der Waals surface area contributed by atoms with Crippen molar-refractivity contribution in [3.05, 3.63) is 35.9 Å². The molecule has 1 aromatic carbocycles. The van der Waals surface area contributed by atoms with E-state index in [0.29, 0.717) is 0 Å². The first-order chi connectivity index (χ1) is 6.29. The van der Waals surface area contributed by atoms with Crippen LogP contribution in [0.1, 0.15) is 12.5 Å². The van der Waals surface area contributed by atoms with Crippen LogP contribution in [0.4, 0.5) is 0 Å². The third-order valence-electron chi connectivity index (χ3n) is 1.95. The maximum atomic E-state index is 4.21. The van der Waals surface area contributed by atoms with E-state index in [9.17, 15) is 0 Å². The van der Waals surface area contributed by atoms with Gasteiger partial charge in [0.05, 0.1) is 11.4 Å². The van der Waals surface area contributed by atoms with Crippen LogP contribution in [-0.4, -0.2) is 25.5 Å². The quantitative estimate of drug-likeness (QED) is 0.614. The van der Waals surface area contributed by atoms with Crippen molar-refractivity contribution in [1.29, 1.82) is 0 Å². The van der Waals surface area contributed by atoms with Crippen molar-refractivity contribution in [2.24, 2.45) is 9.98 Å². The van der Waals surface area contributed by atoms with Gasteiger partial charge >= 0.3 is 0 Å². The first kappa shape index (κ1) is 9.65. The molecule has 0 spiro atoms. The monoisotopic (exact) mass is 174 g/mol. The zero-order valence-electron chi connectivity index (χ0n) is 8.28. The van der Waals surface area contributed by atoms with Gasteiger partial charge in [-0.25, -0.2) is 0 Å². The van der Waals surface area contributed by atoms with Gasteiger partial charge in [0.15, 0.2) is 0 Å². The predicted molar refractivity (Wildman–Crippen MR) is 57.9 cm³/mol. The number of hydrogen-bond acceptors (Lipinski definition) is 2. The molecule has 0 aliphatic carbocycles. The van der Waals surface area contributed by atoms with Crippen LogP contribution in [0.5, 0.6) is 0 Å². The van der Waals surface area contributed by atoms with Gasteiger partial charge < -0.3 is 0 Å². The molecular formula is C11H14N2. The van der Waals surface area contributed by atoms with Crippen LogP contribution in [0.3, 0.4) is 0 Å². The summed E-state index contributed by atoms with van der Waals surface area (Å²) in [7, 11) is 3.57. The third-order valence-corrected chi connectivity index (χ3v) is 1.95. The maximum Gasteiger partial charge on any atom is 0.0850 e. The molecule has 0 amide bonds. The molecule has 0 fully saturated rings. The van der Waals surface area contributed by atoms with Crippen LogP contribution in [0.25, 0.3) is 0 Å². The number of benzene rings is 1. The van der Waals surface area contributed by atoms with Crippen LogP contribution in [0.15, 0.2) is 40.3 Å². The SMILES string of the molecule is CN=C(C)C(=NC)c1ccccc1. The average molecular weight is 174 g/mol. The second-order valence-corrected chi connectivity index (χ2v) is 2.75. The molecule has 0 aliphatic rings. The summed E-state index contributed by atoms with van der Waals surface area (Å²) in [6.45, 7) is 1.97. The summed E-state index contributed by atoms with van der Waals surface area (Å²) in [5.74, 6) is 0. The Kier molecular flexibility index (Phi) is 3.38. The van der Waals surface area contributed by atoms with E-state index in [1.807, 2.05) is 37.3 Å². The Morgan fingerprint density at radius 3 is 2.08 bits per heavy atom. The van der Waals surface area contributed by atoms with Gasteiger partial charge in [0, 0.05) is 19.7 Å². The summed E-state index contributed by atoms with van der Waals surface area (Å²) in [5, 5.41) is 0. The molecule has 13 heavy (non-hydrogen) atoms. The molecule has 1 rings (SSSR count). The van der Waals surface area contributed by atoms with E-state index in [2.05, 4.69) is 9.98 Å². The van der Waals surface area contributed by atoms with Gasteiger partial charge in [0.2, 0.25) is 0 Å². The van der Waals surface area contributed by atoms with E-state index in [4.69, 9.17) is 0 Å². The third kappa shape index (κ3) is 2.25. The van der Waals surface area contributed by atoms with E-state index >= 15 is 0 Å². The van der Waals surface area contributed by atoms with Crippen LogP contribution < -0.4 is 0 Å². The molecule has 0 radical (unpaired) electrons. The molecule has 0 aromatic heterocycles. The Bertz CT molecular complexity index is 323. The number of hydrogen-bond donors (Lipinski definition) is 0. The van der Waals surface area contributed by atoms with Crippen LogP contribution in [-0.2, 0) is 0 Å². The Hall–Kier alpha value is -1.44. The summed E-state index contributed by atoms with van der Waals surface area (Å²) in [6.07, 6.45) is 0. The molecule has 0 heterocycles. The summed E-state index contributed by atoms with van der Waals surface area (Å²) < 4.78 is 0. The van der Waals surface area contributed by atoms with Crippen LogP contribution >= 0.6 is 0 Å². The first-order valence-corrected chi connectivity index (χ1v) is 4.25. The Labute approximate surface area is 79.0 Å². The molecule has 1 aromatic rings. The van der Waals surface area contributed by atoms with Crippen molar-refractivity contribution in [1.82, 2.24) is 0 Å². The van der Waals surface area contributed by atoms with Crippen molar-refractivity contribution in [3.63, 3.8) is 0 Å². The van der Waals surface area contributed by atoms with E-state index in [1.54, 1.807) is 14.1 Å². The fourth-order valence-corrected chi connectivity index (χ4v) is 1.20. The summed E-state index contributed by atoms with van der Waals surface area (Å²) >= 11 is 0. The van der Waals surface area contributed by atoms with Gasteiger partial charge in [-0.05, 0) is 6.92 Å². The van der Waals surface area contributed by atoms with Crippen molar-refractivity contribution in [2.75, 3.05) is 14.1 Å². The Balaban J connectivity index is 3.07. The zero-order valence-corrected chi connectivity index (χ0v) is 8.28. The minimum atomic E-state index is 0.961. The zero-order chi connectivity index (χ0) is 9.68. The van der Waals surface area contributed by atoms with Crippen molar-refractivity contribution >= 4 is 11.4 Å². The highest BCUT2D eigenvalue weighted by molar-refractivity contribution is 6.47. The van der Waals surface area contributed by atoms with Crippen molar-refractivity contribution < 1.29 is 0 Å². The highest BCUT2D eigenvalue weighted by Crippen LogP contribution is 2.02. The summed E-state index contributed by atoms with van der Waals surface area (Å²) in [4.78, 5) is 8.34. The van der Waals surface area contributed by atoms with Gasteiger partial charge in [-0.3, -0.25) is 9.98 Å². The number of nitrogens with zero attached hydrogens (tertiary/aromatic N) is 2. The molecule has 0 atom stereocenters. The van der Waals surface area contributed by atoms with E-state index in [1.165, 1.54) is 0 Å². The molecule has 0 bridgehead atoms. The van der Waals surface area contributed by atoms with Gasteiger partial charge in [0.25, 0.3) is 0 Å². The average Bonchev–Trinajstić information content (AvgIpc) is 2.20. The van der Waals surface area contributed by atoms with Gasteiger partial charge in [-0.15, -0.1) is 0 Å². The minimum Gasteiger partial charge on any atom is -0.291 e. The molecule has 0 N–H and O–H groups in total.